The molecule has 84 valence electrons. The molecule has 2 heterocycles. The molecule has 0 saturated carbocycles. The minimum absolute atomic E-state index is 0.0372. The lowest BCUT2D eigenvalue weighted by atomic mass is 10.4. The van der Waals surface area contributed by atoms with E-state index < -0.39 is 11.2 Å². The van der Waals surface area contributed by atoms with Gasteiger partial charge in [0.15, 0.2) is 0 Å². The molecule has 3 N–H and O–H groups in total. The Morgan fingerprint density at radius 1 is 1.50 bits per heavy atom. The molecule has 0 aliphatic carbocycles. The topological polar surface area (TPSA) is 80.9 Å². The van der Waals surface area contributed by atoms with Gasteiger partial charge in [-0.3, -0.25) is 14.3 Å². The fraction of sp³-hybridized carbons (Fsp3) is 0.111. The first-order valence-electron chi connectivity index (χ1n) is 4.38. The monoisotopic (exact) mass is 301 g/mol. The largest absolute Gasteiger partial charge is 0.393 e. The van der Waals surface area contributed by atoms with Gasteiger partial charge in [-0.25, -0.2) is 4.79 Å². The number of rotatable bonds is 2. The highest BCUT2D eigenvalue weighted by Gasteiger charge is 2.03. The molecule has 0 saturated heterocycles. The standard InChI is InChI=1S/C9H8BrN3O2S/c10-5-1-6(16-4-5)2-13-3-7(11)8(14)12-9(13)15/h1,3-4H,2,11H2,(H,12,14,15). The SMILES string of the molecule is Nc1cn(Cc2cc(Br)cs2)c(=O)[nH]c1=O. The average Bonchev–Trinajstić information content (AvgIpc) is 2.60. The minimum Gasteiger partial charge on any atom is -0.393 e. The van der Waals surface area contributed by atoms with E-state index in [2.05, 4.69) is 20.9 Å². The van der Waals surface area contributed by atoms with E-state index in [0.717, 1.165) is 9.35 Å². The predicted molar refractivity (Wildman–Crippen MR) is 66.9 cm³/mol. The van der Waals surface area contributed by atoms with Crippen molar-refractivity contribution in [1.29, 1.82) is 0 Å². The number of thiophene rings is 1. The van der Waals surface area contributed by atoms with Crippen LogP contribution in [0, 0.1) is 0 Å². The molecule has 5 nitrogen and oxygen atoms in total. The second-order valence-corrected chi connectivity index (χ2v) is 5.11. The zero-order valence-corrected chi connectivity index (χ0v) is 10.5. The summed E-state index contributed by atoms with van der Waals surface area (Å²) >= 11 is 4.85. The van der Waals surface area contributed by atoms with Gasteiger partial charge in [0.2, 0.25) is 0 Å². The summed E-state index contributed by atoms with van der Waals surface area (Å²) in [6, 6.07) is 1.92. The van der Waals surface area contributed by atoms with Crippen LogP contribution in [0.5, 0.6) is 0 Å². The molecule has 2 rings (SSSR count). The number of aromatic nitrogens is 2. The minimum atomic E-state index is -0.548. The molecule has 0 aliphatic rings. The lowest BCUT2D eigenvalue weighted by molar-refractivity contribution is 0.732. The van der Waals surface area contributed by atoms with Crippen LogP contribution in [0.1, 0.15) is 4.88 Å². The summed E-state index contributed by atoms with van der Waals surface area (Å²) in [6.45, 7) is 0.399. The Hall–Kier alpha value is -1.34. The first kappa shape index (κ1) is 11.2. The van der Waals surface area contributed by atoms with E-state index in [9.17, 15) is 9.59 Å². The Morgan fingerprint density at radius 2 is 2.25 bits per heavy atom. The molecule has 16 heavy (non-hydrogen) atoms. The quantitative estimate of drug-likeness (QED) is 0.868. The highest BCUT2D eigenvalue weighted by atomic mass is 79.9. The third-order valence-corrected chi connectivity index (χ3v) is 3.67. The summed E-state index contributed by atoms with van der Waals surface area (Å²) in [7, 11) is 0. The van der Waals surface area contributed by atoms with Crippen LogP contribution < -0.4 is 17.0 Å². The maximum absolute atomic E-state index is 11.4. The van der Waals surface area contributed by atoms with Gasteiger partial charge in [0, 0.05) is 20.9 Å². The Kier molecular flexibility index (Phi) is 2.97. The van der Waals surface area contributed by atoms with E-state index >= 15 is 0 Å². The van der Waals surface area contributed by atoms with Crippen LogP contribution in [-0.4, -0.2) is 9.55 Å². The maximum Gasteiger partial charge on any atom is 0.328 e. The van der Waals surface area contributed by atoms with Crippen molar-refractivity contribution in [3.05, 3.63) is 47.8 Å². The highest BCUT2D eigenvalue weighted by Crippen LogP contribution is 2.20. The molecule has 2 aromatic rings. The van der Waals surface area contributed by atoms with Gasteiger partial charge in [-0.15, -0.1) is 11.3 Å². The Morgan fingerprint density at radius 3 is 2.88 bits per heavy atom. The first-order chi connectivity index (χ1) is 7.56. The second kappa shape index (κ2) is 4.26. The van der Waals surface area contributed by atoms with Gasteiger partial charge in [0.25, 0.3) is 5.56 Å². The first-order valence-corrected chi connectivity index (χ1v) is 6.05. The fourth-order valence-electron chi connectivity index (χ4n) is 1.25. The number of halogens is 1. The van der Waals surface area contributed by atoms with Crippen molar-refractivity contribution in [2.45, 2.75) is 6.54 Å². The van der Waals surface area contributed by atoms with Crippen molar-refractivity contribution in [1.82, 2.24) is 9.55 Å². The Bertz CT molecular complexity index is 628. The number of hydrogen-bond donors (Lipinski definition) is 2. The molecule has 0 bridgehead atoms. The van der Waals surface area contributed by atoms with Crippen LogP contribution in [0.2, 0.25) is 0 Å². The van der Waals surface area contributed by atoms with Gasteiger partial charge < -0.3 is 5.73 Å². The number of hydrogen-bond acceptors (Lipinski definition) is 4. The third kappa shape index (κ3) is 2.25. The third-order valence-electron chi connectivity index (χ3n) is 1.99. The molecule has 2 aromatic heterocycles. The van der Waals surface area contributed by atoms with E-state index in [4.69, 9.17) is 5.73 Å². The molecule has 0 spiro atoms. The molecule has 7 heteroatoms. The normalized spacial score (nSPS) is 10.6. The van der Waals surface area contributed by atoms with Gasteiger partial charge in [0.05, 0.1) is 6.54 Å². The summed E-state index contributed by atoms with van der Waals surface area (Å²) in [4.78, 5) is 25.7. The smallest absolute Gasteiger partial charge is 0.328 e. The summed E-state index contributed by atoms with van der Waals surface area (Å²) in [5, 5.41) is 1.93. The fourth-order valence-corrected chi connectivity index (χ4v) is 2.70. The summed E-state index contributed by atoms with van der Waals surface area (Å²) in [5.41, 5.74) is 4.47. The molecular weight excluding hydrogens is 294 g/mol. The molecule has 0 atom stereocenters. The van der Waals surface area contributed by atoms with Crippen molar-refractivity contribution in [3.63, 3.8) is 0 Å². The van der Waals surface area contributed by atoms with Crippen LogP contribution >= 0.6 is 27.3 Å². The number of nitrogen functional groups attached to an aromatic ring is 1. The van der Waals surface area contributed by atoms with Crippen molar-refractivity contribution >= 4 is 33.0 Å². The molecular formula is C9H8BrN3O2S. The van der Waals surface area contributed by atoms with Gasteiger partial charge in [-0.2, -0.15) is 0 Å². The van der Waals surface area contributed by atoms with Gasteiger partial charge in [-0.1, -0.05) is 0 Å². The maximum atomic E-state index is 11.4. The average molecular weight is 302 g/mol. The second-order valence-electron chi connectivity index (χ2n) is 3.20. The van der Waals surface area contributed by atoms with Crippen LogP contribution in [0.4, 0.5) is 5.69 Å². The van der Waals surface area contributed by atoms with Crippen LogP contribution in [-0.2, 0) is 6.54 Å². The lowest BCUT2D eigenvalue weighted by Gasteiger charge is -2.03. The zero-order chi connectivity index (χ0) is 11.7. The predicted octanol–water partition coefficient (Wildman–Crippen LogP) is 0.991. The number of nitrogens with one attached hydrogen (secondary N) is 1. The lowest BCUT2D eigenvalue weighted by Crippen LogP contribution is -2.31. The molecule has 0 unspecified atom stereocenters. The van der Waals surface area contributed by atoms with E-state index in [1.54, 1.807) is 0 Å². The summed E-state index contributed by atoms with van der Waals surface area (Å²) in [6.07, 6.45) is 1.36. The Labute approximate surface area is 103 Å². The summed E-state index contributed by atoms with van der Waals surface area (Å²) < 4.78 is 2.34. The molecule has 0 radical (unpaired) electrons. The molecule has 0 amide bonds. The number of anilines is 1. The van der Waals surface area contributed by atoms with Crippen molar-refractivity contribution in [2.24, 2.45) is 0 Å². The number of nitrogens with zero attached hydrogens (tertiary/aromatic N) is 1. The van der Waals surface area contributed by atoms with E-state index in [-0.39, 0.29) is 5.69 Å². The highest BCUT2D eigenvalue weighted by molar-refractivity contribution is 9.10. The van der Waals surface area contributed by atoms with Crippen LogP contribution in [0.15, 0.2) is 31.7 Å². The van der Waals surface area contributed by atoms with Crippen molar-refractivity contribution in [2.75, 3.05) is 5.73 Å². The Balaban J connectivity index is 2.39. The number of H-pyrrole nitrogens is 1. The molecule has 0 aliphatic heterocycles. The van der Waals surface area contributed by atoms with E-state index in [0.29, 0.717) is 6.54 Å². The number of aromatic amines is 1. The molecule has 0 fully saturated rings. The van der Waals surface area contributed by atoms with Crippen LogP contribution in [0.25, 0.3) is 0 Å². The number of nitrogens with two attached hydrogens (primary N) is 1. The van der Waals surface area contributed by atoms with Gasteiger partial charge in [0.1, 0.15) is 5.69 Å². The van der Waals surface area contributed by atoms with E-state index in [1.807, 2.05) is 11.4 Å². The summed E-state index contributed by atoms with van der Waals surface area (Å²) in [5.74, 6) is 0. The zero-order valence-electron chi connectivity index (χ0n) is 8.07. The van der Waals surface area contributed by atoms with E-state index in [1.165, 1.54) is 22.1 Å². The molecule has 0 aromatic carbocycles. The van der Waals surface area contributed by atoms with Crippen molar-refractivity contribution in [3.8, 4) is 0 Å². The van der Waals surface area contributed by atoms with Gasteiger partial charge >= 0.3 is 5.69 Å². The van der Waals surface area contributed by atoms with Gasteiger partial charge in [-0.05, 0) is 22.0 Å². The van der Waals surface area contributed by atoms with Crippen molar-refractivity contribution < 1.29 is 0 Å². The van der Waals surface area contributed by atoms with Crippen LogP contribution in [0.3, 0.4) is 0 Å².